The molecule has 7 heteroatoms. The van der Waals surface area contributed by atoms with Crippen molar-refractivity contribution in [2.24, 2.45) is 0 Å². The van der Waals surface area contributed by atoms with Crippen molar-refractivity contribution in [3.05, 3.63) is 40.1 Å². The first-order valence-corrected chi connectivity index (χ1v) is 10.8. The van der Waals surface area contributed by atoms with Crippen LogP contribution in [0.1, 0.15) is 55.9 Å². The van der Waals surface area contributed by atoms with Crippen LogP contribution in [-0.2, 0) is 19.1 Å². The maximum Gasteiger partial charge on any atom is 0.414 e. The van der Waals surface area contributed by atoms with E-state index < -0.39 is 17.7 Å². The SMILES string of the molecule is CC.CC(=O)N1CCC2(CC1)OC(=O)C(c1c(C)cc(C)cc1C)=C2OC(=O)N(C)C. The highest BCUT2D eigenvalue weighted by Crippen LogP contribution is 2.46. The summed E-state index contributed by atoms with van der Waals surface area (Å²) < 4.78 is 11.6. The molecule has 3 rings (SSSR count). The van der Waals surface area contributed by atoms with Gasteiger partial charge in [-0.05, 0) is 37.5 Å². The number of carbonyl (C=O) groups excluding carboxylic acids is 3. The molecule has 31 heavy (non-hydrogen) atoms. The van der Waals surface area contributed by atoms with Crippen LogP contribution in [0, 0.1) is 20.8 Å². The van der Waals surface area contributed by atoms with E-state index in [0.717, 1.165) is 22.3 Å². The smallest absolute Gasteiger partial charge is 0.414 e. The number of esters is 1. The Morgan fingerprint density at radius 2 is 1.58 bits per heavy atom. The normalized spacial score (nSPS) is 17.2. The zero-order chi connectivity index (χ0) is 23.5. The molecule has 0 saturated carbocycles. The van der Waals surface area contributed by atoms with Gasteiger partial charge in [-0.25, -0.2) is 9.59 Å². The van der Waals surface area contributed by atoms with E-state index in [-0.39, 0.29) is 11.7 Å². The second kappa shape index (κ2) is 9.54. The van der Waals surface area contributed by atoms with Crippen molar-refractivity contribution in [1.29, 1.82) is 0 Å². The molecule has 0 atom stereocenters. The van der Waals surface area contributed by atoms with E-state index in [1.54, 1.807) is 19.0 Å². The quantitative estimate of drug-likeness (QED) is 0.663. The van der Waals surface area contributed by atoms with Crippen LogP contribution in [0.4, 0.5) is 4.79 Å². The minimum atomic E-state index is -1.03. The van der Waals surface area contributed by atoms with Gasteiger partial charge in [0.1, 0.15) is 5.57 Å². The van der Waals surface area contributed by atoms with Gasteiger partial charge >= 0.3 is 12.1 Å². The molecule has 0 aromatic heterocycles. The average molecular weight is 431 g/mol. The van der Waals surface area contributed by atoms with E-state index in [0.29, 0.717) is 31.5 Å². The lowest BCUT2D eigenvalue weighted by molar-refractivity contribution is -0.152. The Morgan fingerprint density at radius 1 is 1.06 bits per heavy atom. The Kier molecular flexibility index (Phi) is 7.52. The highest BCUT2D eigenvalue weighted by molar-refractivity contribution is 6.20. The number of benzene rings is 1. The van der Waals surface area contributed by atoms with E-state index in [2.05, 4.69) is 0 Å². The molecule has 0 unspecified atom stereocenters. The summed E-state index contributed by atoms with van der Waals surface area (Å²) in [6, 6.07) is 3.99. The molecule has 2 aliphatic heterocycles. The average Bonchev–Trinajstić information content (AvgIpc) is 2.94. The fourth-order valence-electron chi connectivity index (χ4n) is 4.22. The number of rotatable bonds is 2. The molecule has 0 radical (unpaired) electrons. The van der Waals surface area contributed by atoms with Gasteiger partial charge in [0.25, 0.3) is 0 Å². The van der Waals surface area contributed by atoms with Gasteiger partial charge in [-0.1, -0.05) is 31.5 Å². The predicted molar refractivity (Wildman–Crippen MR) is 119 cm³/mol. The lowest BCUT2D eigenvalue weighted by Crippen LogP contribution is -2.48. The number of ether oxygens (including phenoxy) is 2. The van der Waals surface area contributed by atoms with Gasteiger partial charge in [0.05, 0.1) is 0 Å². The third kappa shape index (κ3) is 4.75. The Bertz CT molecular complexity index is 886. The number of nitrogens with zero attached hydrogens (tertiary/aromatic N) is 2. The molecule has 1 aromatic carbocycles. The van der Waals surface area contributed by atoms with Crippen LogP contribution >= 0.6 is 0 Å². The second-order valence-electron chi connectivity index (χ2n) is 8.13. The molecule has 1 saturated heterocycles. The summed E-state index contributed by atoms with van der Waals surface area (Å²) in [6.45, 7) is 12.3. The maximum atomic E-state index is 13.0. The topological polar surface area (TPSA) is 76.1 Å². The molecule has 7 nitrogen and oxygen atoms in total. The molecule has 1 aromatic rings. The van der Waals surface area contributed by atoms with Crippen LogP contribution in [0.5, 0.6) is 0 Å². The van der Waals surface area contributed by atoms with Gasteiger partial charge in [0.15, 0.2) is 11.4 Å². The van der Waals surface area contributed by atoms with Crippen molar-refractivity contribution >= 4 is 23.5 Å². The molecule has 0 bridgehead atoms. The Hall–Kier alpha value is -2.83. The van der Waals surface area contributed by atoms with Gasteiger partial charge in [-0.15, -0.1) is 0 Å². The molecule has 2 amide bonds. The molecule has 0 aliphatic carbocycles. The lowest BCUT2D eigenvalue weighted by atomic mass is 9.85. The number of amides is 2. The molecule has 2 heterocycles. The predicted octanol–water partition coefficient (Wildman–Crippen LogP) is 3.99. The van der Waals surface area contributed by atoms with Crippen LogP contribution in [-0.4, -0.2) is 60.6 Å². The first kappa shape index (κ1) is 24.4. The summed E-state index contributed by atoms with van der Waals surface area (Å²) in [6.07, 6.45) is 0.218. The Labute approximate surface area is 185 Å². The van der Waals surface area contributed by atoms with Crippen molar-refractivity contribution in [2.75, 3.05) is 27.2 Å². The molecule has 1 fully saturated rings. The number of piperidine rings is 1. The molecular weight excluding hydrogens is 396 g/mol. The highest BCUT2D eigenvalue weighted by atomic mass is 16.6. The number of hydrogen-bond acceptors (Lipinski definition) is 5. The maximum absolute atomic E-state index is 13.0. The van der Waals surface area contributed by atoms with Crippen LogP contribution in [0.15, 0.2) is 17.9 Å². The summed E-state index contributed by atoms with van der Waals surface area (Å²) >= 11 is 0. The largest absolute Gasteiger partial charge is 0.447 e. The summed E-state index contributed by atoms with van der Waals surface area (Å²) in [4.78, 5) is 40.3. The van der Waals surface area contributed by atoms with Crippen LogP contribution in [0.25, 0.3) is 5.57 Å². The minimum Gasteiger partial charge on any atom is -0.447 e. The van der Waals surface area contributed by atoms with Crippen LogP contribution in [0.3, 0.4) is 0 Å². The lowest BCUT2D eigenvalue weighted by Gasteiger charge is -2.38. The van der Waals surface area contributed by atoms with Crippen molar-refractivity contribution in [3.8, 4) is 0 Å². The molecule has 2 aliphatic rings. The molecule has 1 spiro atoms. The fourth-order valence-corrected chi connectivity index (χ4v) is 4.22. The summed E-state index contributed by atoms with van der Waals surface area (Å²) in [7, 11) is 3.18. The number of aryl methyl sites for hydroxylation is 3. The first-order valence-electron chi connectivity index (χ1n) is 10.8. The number of hydrogen-bond donors (Lipinski definition) is 0. The molecule has 0 N–H and O–H groups in total. The monoisotopic (exact) mass is 430 g/mol. The zero-order valence-electron chi connectivity index (χ0n) is 19.9. The summed E-state index contributed by atoms with van der Waals surface area (Å²) in [5.41, 5.74) is 2.96. The van der Waals surface area contributed by atoms with Crippen molar-refractivity contribution in [1.82, 2.24) is 9.80 Å². The van der Waals surface area contributed by atoms with Gasteiger partial charge < -0.3 is 19.3 Å². The molecule has 170 valence electrons. The second-order valence-corrected chi connectivity index (χ2v) is 8.13. The van der Waals surface area contributed by atoms with E-state index in [1.807, 2.05) is 46.8 Å². The van der Waals surface area contributed by atoms with Gasteiger partial charge in [-0.2, -0.15) is 0 Å². The highest BCUT2D eigenvalue weighted by Gasteiger charge is 2.53. The zero-order valence-corrected chi connectivity index (χ0v) is 19.9. The van der Waals surface area contributed by atoms with Crippen molar-refractivity contribution in [2.45, 2.75) is 60.0 Å². The third-order valence-corrected chi connectivity index (χ3v) is 5.63. The number of likely N-dealkylation sites (tertiary alicyclic amines) is 1. The summed E-state index contributed by atoms with van der Waals surface area (Å²) in [5, 5.41) is 0. The van der Waals surface area contributed by atoms with Crippen LogP contribution in [0.2, 0.25) is 0 Å². The Balaban J connectivity index is 0.00000166. The van der Waals surface area contributed by atoms with E-state index in [4.69, 9.17) is 9.47 Å². The minimum absolute atomic E-state index is 0.0227. The molecular formula is C24H34N2O5. The van der Waals surface area contributed by atoms with Gasteiger partial charge in [-0.3, -0.25) is 4.79 Å². The van der Waals surface area contributed by atoms with E-state index in [9.17, 15) is 14.4 Å². The third-order valence-electron chi connectivity index (χ3n) is 5.63. The summed E-state index contributed by atoms with van der Waals surface area (Å²) in [5.74, 6) is -0.247. The van der Waals surface area contributed by atoms with E-state index >= 15 is 0 Å². The van der Waals surface area contributed by atoms with Gasteiger partial charge in [0.2, 0.25) is 5.91 Å². The van der Waals surface area contributed by atoms with Crippen molar-refractivity contribution in [3.63, 3.8) is 0 Å². The standard InChI is InChI=1S/C22H28N2O5.C2H6/c1-13-11-14(2)17(15(3)12-13)18-19(28-21(27)23(5)6)22(29-20(18)26)7-9-24(10-8-22)16(4)25;1-2/h11-12H,7-10H2,1-6H3;1-2H3. The number of carbonyl (C=O) groups is 3. The first-order chi connectivity index (χ1) is 14.6. The fraction of sp³-hybridized carbons (Fsp3) is 0.542. The Morgan fingerprint density at radius 3 is 2.03 bits per heavy atom. The van der Waals surface area contributed by atoms with E-state index in [1.165, 1.54) is 11.8 Å². The van der Waals surface area contributed by atoms with Crippen LogP contribution < -0.4 is 0 Å². The van der Waals surface area contributed by atoms with Crippen molar-refractivity contribution < 1.29 is 23.9 Å². The van der Waals surface area contributed by atoms with Gasteiger partial charge in [0, 0.05) is 47.0 Å².